The second-order valence-corrected chi connectivity index (χ2v) is 8.80. The Hall–Kier alpha value is -2.46. The van der Waals surface area contributed by atoms with Crippen LogP contribution in [0.5, 0.6) is 0 Å². The third kappa shape index (κ3) is 3.19. The van der Waals surface area contributed by atoms with E-state index < -0.39 is 27.9 Å². The Bertz CT molecular complexity index is 912. The summed E-state index contributed by atoms with van der Waals surface area (Å²) in [6.07, 6.45) is 1.45. The fourth-order valence-corrected chi connectivity index (χ4v) is 4.25. The third-order valence-corrected chi connectivity index (χ3v) is 6.62. The number of aryl methyl sites for hydroxylation is 1. The first kappa shape index (κ1) is 19.3. The smallest absolute Gasteiger partial charge is 0.335 e. The van der Waals surface area contributed by atoms with Crippen LogP contribution < -0.4 is 4.90 Å². The van der Waals surface area contributed by atoms with Crippen molar-refractivity contribution in [3.63, 3.8) is 0 Å². The lowest BCUT2D eigenvalue weighted by Gasteiger charge is -2.33. The van der Waals surface area contributed by atoms with Crippen LogP contribution in [-0.2, 0) is 26.0 Å². The van der Waals surface area contributed by atoms with E-state index in [1.807, 2.05) is 4.90 Å². The Morgan fingerprint density at radius 2 is 1.74 bits per heavy atom. The van der Waals surface area contributed by atoms with Crippen LogP contribution in [0.15, 0.2) is 23.1 Å². The minimum Gasteiger partial charge on any atom is -0.353 e. The molecule has 0 aromatic heterocycles. The Morgan fingerprint density at radius 1 is 1.07 bits per heavy atom. The van der Waals surface area contributed by atoms with Crippen LogP contribution in [0.25, 0.3) is 0 Å². The Balaban J connectivity index is 1.89. The summed E-state index contributed by atoms with van der Waals surface area (Å²) in [5.74, 6) is -1.65. The van der Waals surface area contributed by atoms with Gasteiger partial charge in [0, 0.05) is 32.9 Å². The number of benzene rings is 1. The van der Waals surface area contributed by atoms with E-state index in [0.717, 1.165) is 31.8 Å². The summed E-state index contributed by atoms with van der Waals surface area (Å²) < 4.78 is 25.8. The van der Waals surface area contributed by atoms with Gasteiger partial charge in [0.15, 0.2) is 0 Å². The van der Waals surface area contributed by atoms with E-state index >= 15 is 0 Å². The van der Waals surface area contributed by atoms with Crippen LogP contribution in [0, 0.1) is 0 Å². The Labute approximate surface area is 158 Å². The van der Waals surface area contributed by atoms with Crippen molar-refractivity contribution in [3.8, 4) is 0 Å². The second-order valence-electron chi connectivity index (χ2n) is 6.65. The van der Waals surface area contributed by atoms with E-state index in [0.29, 0.717) is 13.0 Å². The molecule has 0 aliphatic carbocycles. The highest BCUT2D eigenvalue weighted by molar-refractivity contribution is 7.89. The molecule has 0 unspecified atom stereocenters. The first-order valence-electron chi connectivity index (χ1n) is 8.66. The first-order chi connectivity index (χ1) is 12.7. The molecule has 9 nitrogen and oxygen atoms in total. The van der Waals surface area contributed by atoms with Gasteiger partial charge in [0.25, 0.3) is 0 Å². The molecule has 4 amide bonds. The van der Waals surface area contributed by atoms with Crippen LogP contribution in [0.3, 0.4) is 0 Å². The van der Waals surface area contributed by atoms with E-state index in [4.69, 9.17) is 0 Å². The highest BCUT2D eigenvalue weighted by Gasteiger charge is 2.44. The van der Waals surface area contributed by atoms with E-state index in [2.05, 4.69) is 0 Å². The number of likely N-dealkylation sites (N-methyl/N-ethyl adjacent to an activating group) is 1. The zero-order valence-corrected chi connectivity index (χ0v) is 16.3. The van der Waals surface area contributed by atoms with Gasteiger partial charge in [-0.2, -0.15) is 0 Å². The molecule has 2 heterocycles. The maximum Gasteiger partial charge on any atom is 0.335 e. The van der Waals surface area contributed by atoms with Gasteiger partial charge in [-0.05, 0) is 43.5 Å². The van der Waals surface area contributed by atoms with Crippen molar-refractivity contribution in [2.75, 3.05) is 38.8 Å². The van der Waals surface area contributed by atoms with Crippen LogP contribution in [0.1, 0.15) is 18.9 Å². The van der Waals surface area contributed by atoms with E-state index in [-0.39, 0.29) is 18.1 Å². The minimum atomic E-state index is -3.54. The highest BCUT2D eigenvalue weighted by atomic mass is 32.2. The summed E-state index contributed by atoms with van der Waals surface area (Å²) in [6.45, 7) is 2.34. The number of carbonyl (C=O) groups excluding carboxylic acids is 3. The molecule has 2 aliphatic rings. The molecule has 27 heavy (non-hydrogen) atoms. The van der Waals surface area contributed by atoms with Crippen molar-refractivity contribution in [1.29, 1.82) is 0 Å². The van der Waals surface area contributed by atoms with E-state index in [1.165, 1.54) is 20.2 Å². The van der Waals surface area contributed by atoms with Crippen LogP contribution in [0.4, 0.5) is 10.5 Å². The summed E-state index contributed by atoms with van der Waals surface area (Å²) in [5.41, 5.74) is 1.60. The predicted octanol–water partition coefficient (Wildman–Crippen LogP) is 0.458. The SMILES string of the molecule is CCN1C(=O)C(=O)N(CN2CCCc3cc(S(=O)(=O)N(C)C)ccc32)C1=O. The monoisotopic (exact) mass is 394 g/mol. The van der Waals surface area contributed by atoms with Crippen LogP contribution in [-0.4, -0.2) is 74.2 Å². The topological polar surface area (TPSA) is 98.3 Å². The highest BCUT2D eigenvalue weighted by Crippen LogP contribution is 2.30. The first-order valence-corrected chi connectivity index (χ1v) is 10.1. The summed E-state index contributed by atoms with van der Waals surface area (Å²) in [4.78, 5) is 40.2. The van der Waals surface area contributed by atoms with Crippen molar-refractivity contribution in [2.45, 2.75) is 24.7 Å². The van der Waals surface area contributed by atoms with Crippen molar-refractivity contribution in [1.82, 2.24) is 14.1 Å². The Kier molecular flexibility index (Phi) is 4.96. The lowest BCUT2D eigenvalue weighted by Crippen LogP contribution is -2.44. The van der Waals surface area contributed by atoms with Crippen molar-refractivity contribution < 1.29 is 22.8 Å². The molecule has 1 fully saturated rings. The summed E-state index contributed by atoms with van der Waals surface area (Å²) >= 11 is 0. The lowest BCUT2D eigenvalue weighted by molar-refractivity contribution is -0.143. The van der Waals surface area contributed by atoms with Crippen molar-refractivity contribution in [3.05, 3.63) is 23.8 Å². The van der Waals surface area contributed by atoms with Gasteiger partial charge < -0.3 is 4.90 Å². The Morgan fingerprint density at radius 3 is 2.33 bits per heavy atom. The molecule has 1 saturated heterocycles. The summed E-state index contributed by atoms with van der Waals surface area (Å²) in [6, 6.07) is 4.22. The maximum atomic E-state index is 12.3. The maximum absolute atomic E-state index is 12.3. The number of fused-ring (bicyclic) bond motifs is 1. The molecular weight excluding hydrogens is 372 g/mol. The van der Waals surface area contributed by atoms with Gasteiger partial charge in [-0.15, -0.1) is 0 Å². The molecule has 0 N–H and O–H groups in total. The molecule has 146 valence electrons. The van der Waals surface area contributed by atoms with Crippen LogP contribution in [0.2, 0.25) is 0 Å². The largest absolute Gasteiger partial charge is 0.353 e. The van der Waals surface area contributed by atoms with Crippen LogP contribution >= 0.6 is 0 Å². The second kappa shape index (κ2) is 6.93. The molecule has 3 rings (SSSR count). The molecule has 0 saturated carbocycles. The number of anilines is 1. The molecule has 1 aromatic rings. The fraction of sp³-hybridized carbons (Fsp3) is 0.471. The zero-order chi connectivity index (χ0) is 19.9. The molecule has 0 spiro atoms. The summed E-state index contributed by atoms with van der Waals surface area (Å²) in [5, 5.41) is 0. The number of rotatable bonds is 5. The number of hydrogen-bond donors (Lipinski definition) is 0. The normalized spacial score (nSPS) is 17.9. The molecular formula is C17H22N4O5S. The molecule has 1 aromatic carbocycles. The van der Waals surface area contributed by atoms with Gasteiger partial charge in [-0.25, -0.2) is 22.4 Å². The van der Waals surface area contributed by atoms with Crippen molar-refractivity contribution >= 4 is 33.6 Å². The molecule has 2 aliphatic heterocycles. The van der Waals surface area contributed by atoms with Gasteiger partial charge in [0.2, 0.25) is 10.0 Å². The number of urea groups is 1. The predicted molar refractivity (Wildman–Crippen MR) is 97.5 cm³/mol. The molecule has 0 radical (unpaired) electrons. The van der Waals surface area contributed by atoms with Gasteiger partial charge in [0.05, 0.1) is 4.90 Å². The third-order valence-electron chi connectivity index (χ3n) is 4.81. The summed E-state index contributed by atoms with van der Waals surface area (Å²) in [7, 11) is -0.592. The van der Waals surface area contributed by atoms with E-state index in [1.54, 1.807) is 19.1 Å². The minimum absolute atomic E-state index is 0.0350. The van der Waals surface area contributed by atoms with Gasteiger partial charge in [-0.3, -0.25) is 14.5 Å². The quantitative estimate of drug-likeness (QED) is 0.531. The molecule has 0 atom stereocenters. The van der Waals surface area contributed by atoms with Gasteiger partial charge >= 0.3 is 17.8 Å². The average molecular weight is 394 g/mol. The average Bonchev–Trinajstić information content (AvgIpc) is 2.84. The van der Waals surface area contributed by atoms with Crippen molar-refractivity contribution in [2.24, 2.45) is 0 Å². The van der Waals surface area contributed by atoms with Gasteiger partial charge in [-0.1, -0.05) is 0 Å². The van der Waals surface area contributed by atoms with E-state index in [9.17, 15) is 22.8 Å². The number of hydrogen-bond acceptors (Lipinski definition) is 6. The fourth-order valence-electron chi connectivity index (χ4n) is 3.29. The number of carbonyl (C=O) groups is 3. The lowest BCUT2D eigenvalue weighted by atomic mass is 10.0. The van der Waals surface area contributed by atoms with Gasteiger partial charge in [0.1, 0.15) is 6.67 Å². The molecule has 10 heteroatoms. The molecule has 0 bridgehead atoms. The zero-order valence-electron chi connectivity index (χ0n) is 15.5. The number of imide groups is 2. The number of amides is 4. The number of sulfonamides is 1. The number of nitrogens with zero attached hydrogens (tertiary/aromatic N) is 4. The standard InChI is InChI=1S/C17H22N4O5S/c1-4-20-15(22)16(23)21(17(20)24)11-19-9-5-6-12-10-13(7-8-14(12)19)27(25,26)18(2)3/h7-8,10H,4-6,9,11H2,1-3H3.